The lowest BCUT2D eigenvalue weighted by molar-refractivity contribution is 0.335. The Morgan fingerprint density at radius 1 is 0.917 bits per heavy atom. The van der Waals surface area contributed by atoms with Gasteiger partial charge in [0.1, 0.15) is 10.2 Å². The van der Waals surface area contributed by atoms with Gasteiger partial charge in [-0.1, -0.05) is 72.9 Å². The minimum atomic E-state index is -0.0969. The molecule has 0 aliphatic rings. The predicted molar refractivity (Wildman–Crippen MR) is 99.9 cm³/mol. The molecule has 0 saturated heterocycles. The average Bonchev–Trinajstić information content (AvgIpc) is 2.62. The molecule has 24 heavy (non-hydrogen) atoms. The summed E-state index contributed by atoms with van der Waals surface area (Å²) in [7, 11) is 0. The molecule has 3 nitrogen and oxygen atoms in total. The van der Waals surface area contributed by atoms with Crippen LogP contribution in [0, 0.1) is 4.51 Å². The zero-order valence-corrected chi connectivity index (χ0v) is 14.4. The van der Waals surface area contributed by atoms with Gasteiger partial charge in [0.25, 0.3) is 0 Å². The van der Waals surface area contributed by atoms with E-state index in [9.17, 15) is 4.79 Å². The van der Waals surface area contributed by atoms with Crippen molar-refractivity contribution in [3.63, 3.8) is 0 Å². The maximum Gasteiger partial charge on any atom is 0.227 e. The van der Waals surface area contributed by atoms with Crippen LogP contribution in [-0.4, -0.2) is 6.61 Å². The zero-order valence-electron chi connectivity index (χ0n) is 13.6. The van der Waals surface area contributed by atoms with E-state index in [0.29, 0.717) is 35.6 Å². The summed E-state index contributed by atoms with van der Waals surface area (Å²) < 4.78 is 5.91. The SMILES string of the molecule is CCOc1c(N(Cc2ccccc2)Cc2ccccc2)c(=O)c1=S. The van der Waals surface area contributed by atoms with Crippen LogP contribution in [0.5, 0.6) is 5.75 Å². The van der Waals surface area contributed by atoms with Crippen molar-refractivity contribution < 1.29 is 4.74 Å². The van der Waals surface area contributed by atoms with Crippen molar-refractivity contribution in [1.29, 1.82) is 0 Å². The number of nitrogens with zero attached hydrogens (tertiary/aromatic N) is 1. The molecule has 0 amide bonds. The van der Waals surface area contributed by atoms with Gasteiger partial charge in [-0.25, -0.2) is 0 Å². The number of hydrogen-bond acceptors (Lipinski definition) is 4. The number of rotatable bonds is 7. The molecule has 0 aliphatic heterocycles. The van der Waals surface area contributed by atoms with E-state index in [2.05, 4.69) is 24.3 Å². The Kier molecular flexibility index (Phi) is 5.06. The molecule has 0 unspecified atom stereocenters. The van der Waals surface area contributed by atoms with Gasteiger partial charge in [-0.2, -0.15) is 0 Å². The maximum absolute atomic E-state index is 12.3. The average molecular weight is 337 g/mol. The summed E-state index contributed by atoms with van der Waals surface area (Å²) >= 11 is 5.16. The number of anilines is 1. The van der Waals surface area contributed by atoms with Crippen molar-refractivity contribution in [2.24, 2.45) is 0 Å². The van der Waals surface area contributed by atoms with E-state index in [4.69, 9.17) is 17.0 Å². The molecule has 0 fully saturated rings. The number of benzene rings is 2. The second-order valence-corrected chi connectivity index (χ2v) is 6.00. The monoisotopic (exact) mass is 337 g/mol. The van der Waals surface area contributed by atoms with E-state index in [1.165, 1.54) is 0 Å². The van der Waals surface area contributed by atoms with Crippen molar-refractivity contribution in [3.05, 3.63) is 86.5 Å². The highest BCUT2D eigenvalue weighted by molar-refractivity contribution is 7.71. The van der Waals surface area contributed by atoms with Crippen LogP contribution in [-0.2, 0) is 13.1 Å². The van der Waals surface area contributed by atoms with Gasteiger partial charge >= 0.3 is 0 Å². The van der Waals surface area contributed by atoms with Gasteiger partial charge in [-0.15, -0.1) is 0 Å². The molecular formula is C20H19NO2S. The minimum Gasteiger partial charge on any atom is -0.490 e. The van der Waals surface area contributed by atoms with E-state index in [-0.39, 0.29) is 5.43 Å². The lowest BCUT2D eigenvalue weighted by Gasteiger charge is -2.28. The molecule has 0 N–H and O–H groups in total. The Balaban J connectivity index is 1.94. The summed E-state index contributed by atoms with van der Waals surface area (Å²) in [6.45, 7) is 3.66. The maximum atomic E-state index is 12.3. The number of hydrogen-bond donors (Lipinski definition) is 0. The highest BCUT2D eigenvalue weighted by Crippen LogP contribution is 2.32. The topological polar surface area (TPSA) is 29.5 Å². The third-order valence-electron chi connectivity index (χ3n) is 3.88. The molecule has 0 heterocycles. The second kappa shape index (κ2) is 7.41. The van der Waals surface area contributed by atoms with Crippen LogP contribution < -0.4 is 15.1 Å². The van der Waals surface area contributed by atoms with Gasteiger partial charge in [0.2, 0.25) is 5.43 Å². The van der Waals surface area contributed by atoms with E-state index in [1.54, 1.807) is 0 Å². The molecule has 0 radical (unpaired) electrons. The van der Waals surface area contributed by atoms with Crippen LogP contribution >= 0.6 is 12.2 Å². The van der Waals surface area contributed by atoms with Gasteiger partial charge in [0.05, 0.1) is 6.61 Å². The molecule has 0 aromatic heterocycles. The Bertz CT molecular complexity index is 826. The molecule has 0 saturated carbocycles. The first-order valence-corrected chi connectivity index (χ1v) is 8.40. The molecule has 122 valence electrons. The minimum absolute atomic E-state index is 0.0969. The van der Waals surface area contributed by atoms with E-state index in [1.807, 2.05) is 48.2 Å². The third kappa shape index (κ3) is 3.39. The van der Waals surface area contributed by atoms with E-state index < -0.39 is 0 Å². The summed E-state index contributed by atoms with van der Waals surface area (Å²) in [6.07, 6.45) is 0. The number of ether oxygens (including phenoxy) is 1. The Labute approximate surface area is 146 Å². The van der Waals surface area contributed by atoms with Crippen molar-refractivity contribution in [1.82, 2.24) is 0 Å². The quantitative estimate of drug-likeness (QED) is 0.603. The first-order chi connectivity index (χ1) is 11.7. The molecule has 0 aliphatic carbocycles. The largest absolute Gasteiger partial charge is 0.490 e. The van der Waals surface area contributed by atoms with Gasteiger partial charge in [0, 0.05) is 13.1 Å². The smallest absolute Gasteiger partial charge is 0.227 e. The summed E-state index contributed by atoms with van der Waals surface area (Å²) in [6, 6.07) is 20.2. The molecular weight excluding hydrogens is 318 g/mol. The zero-order chi connectivity index (χ0) is 16.9. The Morgan fingerprint density at radius 2 is 1.42 bits per heavy atom. The standard InChI is InChI=1S/C20H19NO2S/c1-2-23-19-17(18(22)20(19)24)21(13-15-9-5-3-6-10-15)14-16-11-7-4-8-12-16/h3-12H,2,13-14H2,1H3. The lowest BCUT2D eigenvalue weighted by atomic mass is 10.1. The third-order valence-corrected chi connectivity index (χ3v) is 4.25. The van der Waals surface area contributed by atoms with Crippen LogP contribution in [0.1, 0.15) is 18.1 Å². The fourth-order valence-corrected chi connectivity index (χ4v) is 3.00. The van der Waals surface area contributed by atoms with Crippen molar-refractivity contribution in [2.75, 3.05) is 11.5 Å². The first kappa shape index (κ1) is 16.4. The van der Waals surface area contributed by atoms with Crippen molar-refractivity contribution >= 4 is 17.9 Å². The van der Waals surface area contributed by atoms with E-state index in [0.717, 1.165) is 11.1 Å². The summed E-state index contributed by atoms with van der Waals surface area (Å²) in [5.74, 6) is 0.560. The summed E-state index contributed by atoms with van der Waals surface area (Å²) in [5.41, 5.74) is 2.78. The lowest BCUT2D eigenvalue weighted by Crippen LogP contribution is -2.31. The van der Waals surface area contributed by atoms with Crippen LogP contribution in [0.25, 0.3) is 0 Å². The second-order valence-electron chi connectivity index (χ2n) is 5.60. The highest BCUT2D eigenvalue weighted by atomic mass is 32.1. The molecule has 0 bridgehead atoms. The molecule has 3 aromatic rings. The van der Waals surface area contributed by atoms with Crippen molar-refractivity contribution in [3.8, 4) is 5.75 Å². The fourth-order valence-electron chi connectivity index (χ4n) is 2.75. The molecule has 0 atom stereocenters. The highest BCUT2D eigenvalue weighted by Gasteiger charge is 2.25. The molecule has 3 rings (SSSR count). The van der Waals surface area contributed by atoms with E-state index >= 15 is 0 Å². The predicted octanol–water partition coefficient (Wildman–Crippen LogP) is 4.26. The molecule has 0 spiro atoms. The Morgan fingerprint density at radius 3 is 1.88 bits per heavy atom. The van der Waals surface area contributed by atoms with Gasteiger partial charge < -0.3 is 9.64 Å². The normalized spacial score (nSPS) is 10.7. The summed E-state index contributed by atoms with van der Waals surface area (Å²) in [5, 5.41) is 0. The van der Waals surface area contributed by atoms with Crippen LogP contribution in [0.4, 0.5) is 5.69 Å². The summed E-state index contributed by atoms with van der Waals surface area (Å²) in [4.78, 5) is 14.4. The van der Waals surface area contributed by atoms with Crippen LogP contribution in [0.15, 0.2) is 65.5 Å². The van der Waals surface area contributed by atoms with Gasteiger partial charge in [-0.3, -0.25) is 4.79 Å². The van der Waals surface area contributed by atoms with Gasteiger partial charge in [-0.05, 0) is 18.1 Å². The van der Waals surface area contributed by atoms with Crippen LogP contribution in [0.2, 0.25) is 0 Å². The first-order valence-electron chi connectivity index (χ1n) is 7.99. The molecule has 3 aromatic carbocycles. The van der Waals surface area contributed by atoms with Gasteiger partial charge in [0.15, 0.2) is 5.75 Å². The van der Waals surface area contributed by atoms with Crippen molar-refractivity contribution in [2.45, 2.75) is 20.0 Å². The Hall–Kier alpha value is -2.46. The fraction of sp³-hybridized carbons (Fsp3) is 0.200. The molecule has 4 heteroatoms. The van der Waals surface area contributed by atoms with Crippen LogP contribution in [0.3, 0.4) is 0 Å².